The van der Waals surface area contributed by atoms with Crippen molar-refractivity contribution in [2.75, 3.05) is 18.4 Å². The number of esters is 1. The highest BCUT2D eigenvalue weighted by atomic mass is 32.2. The first-order valence-corrected chi connectivity index (χ1v) is 12.0. The average molecular weight is 477 g/mol. The number of sulfonamides is 1. The van der Waals surface area contributed by atoms with Crippen LogP contribution in [0.3, 0.4) is 0 Å². The summed E-state index contributed by atoms with van der Waals surface area (Å²) in [5.41, 5.74) is 0.573. The Labute approximate surface area is 191 Å². The van der Waals surface area contributed by atoms with Crippen LogP contribution >= 0.6 is 0 Å². The maximum atomic E-state index is 14.4. The van der Waals surface area contributed by atoms with Crippen LogP contribution in [-0.2, 0) is 19.6 Å². The molecular formula is C23H25FN2O6S. The molecule has 1 amide bonds. The zero-order valence-electron chi connectivity index (χ0n) is 18.3. The van der Waals surface area contributed by atoms with Crippen LogP contribution in [0.4, 0.5) is 10.1 Å². The fourth-order valence-electron chi connectivity index (χ4n) is 3.41. The second-order valence-corrected chi connectivity index (χ2v) is 9.69. The van der Waals surface area contributed by atoms with Gasteiger partial charge in [-0.1, -0.05) is 18.6 Å². The first kappa shape index (κ1) is 24.5. The van der Waals surface area contributed by atoms with Crippen molar-refractivity contribution in [1.29, 1.82) is 0 Å². The van der Waals surface area contributed by atoms with Crippen molar-refractivity contribution in [3.05, 3.63) is 59.4 Å². The molecule has 1 atom stereocenters. The van der Waals surface area contributed by atoms with E-state index in [1.54, 1.807) is 18.2 Å². The topological polar surface area (TPSA) is 110 Å². The summed E-state index contributed by atoms with van der Waals surface area (Å²) < 4.78 is 46.4. The number of anilines is 1. The maximum Gasteiger partial charge on any atom is 0.338 e. The summed E-state index contributed by atoms with van der Waals surface area (Å²) in [6, 6.07) is 9.21. The van der Waals surface area contributed by atoms with Gasteiger partial charge in [0.05, 0.1) is 5.56 Å². The van der Waals surface area contributed by atoms with Gasteiger partial charge in [0, 0.05) is 24.3 Å². The number of nitrogens with zero attached hydrogens (tertiary/aromatic N) is 1. The number of amides is 1. The standard InChI is InChI=1S/C23H25FN2O6S/c1-15(27)17-7-6-8-19(13-17)25-22(28)16(2)32-23(29)18-9-10-20(24)21(14-18)33(30,31)26-11-4-3-5-12-26/h6-10,13-14,16H,3-5,11-12H2,1-2H3,(H,25,28). The number of hydrogen-bond acceptors (Lipinski definition) is 6. The van der Waals surface area contributed by atoms with E-state index in [-0.39, 0.29) is 11.3 Å². The van der Waals surface area contributed by atoms with E-state index in [0.29, 0.717) is 37.2 Å². The van der Waals surface area contributed by atoms with Crippen molar-refractivity contribution in [3.8, 4) is 0 Å². The fourth-order valence-corrected chi connectivity index (χ4v) is 5.02. The highest BCUT2D eigenvalue weighted by Crippen LogP contribution is 2.24. The molecule has 8 nitrogen and oxygen atoms in total. The normalized spacial score (nSPS) is 15.5. The minimum absolute atomic E-state index is 0.169. The Morgan fingerprint density at radius 3 is 2.39 bits per heavy atom. The Bertz CT molecular complexity index is 1180. The molecule has 1 N–H and O–H groups in total. The molecule has 1 heterocycles. The van der Waals surface area contributed by atoms with E-state index in [2.05, 4.69) is 5.32 Å². The van der Waals surface area contributed by atoms with Crippen LogP contribution in [-0.4, -0.2) is 49.6 Å². The Balaban J connectivity index is 1.72. The summed E-state index contributed by atoms with van der Waals surface area (Å²) in [5.74, 6) is -2.75. The third-order valence-corrected chi connectivity index (χ3v) is 7.20. The number of rotatable bonds is 7. The number of piperidine rings is 1. The van der Waals surface area contributed by atoms with Gasteiger partial charge in [-0.15, -0.1) is 0 Å². The van der Waals surface area contributed by atoms with Crippen LogP contribution in [0.15, 0.2) is 47.4 Å². The van der Waals surface area contributed by atoms with E-state index in [4.69, 9.17) is 4.74 Å². The van der Waals surface area contributed by atoms with Gasteiger partial charge in [-0.2, -0.15) is 4.31 Å². The van der Waals surface area contributed by atoms with Gasteiger partial charge in [-0.25, -0.2) is 17.6 Å². The van der Waals surface area contributed by atoms with Crippen molar-refractivity contribution >= 4 is 33.4 Å². The average Bonchev–Trinajstić information content (AvgIpc) is 2.79. The fraction of sp³-hybridized carbons (Fsp3) is 0.348. The summed E-state index contributed by atoms with van der Waals surface area (Å²) in [7, 11) is -4.10. The number of Topliss-reactive ketones (excluding diaryl/α,β-unsaturated/α-hetero) is 1. The molecule has 2 aromatic rings. The number of ether oxygens (including phenoxy) is 1. The zero-order valence-corrected chi connectivity index (χ0v) is 19.2. The van der Waals surface area contributed by atoms with Crippen LogP contribution in [0.2, 0.25) is 0 Å². The highest BCUT2D eigenvalue weighted by molar-refractivity contribution is 7.89. The van der Waals surface area contributed by atoms with E-state index < -0.39 is 38.7 Å². The number of benzene rings is 2. The lowest BCUT2D eigenvalue weighted by Gasteiger charge is -2.26. The lowest BCUT2D eigenvalue weighted by atomic mass is 10.1. The molecule has 3 rings (SSSR count). The third-order valence-electron chi connectivity index (χ3n) is 5.29. The molecule has 0 saturated carbocycles. The largest absolute Gasteiger partial charge is 0.449 e. The van der Waals surface area contributed by atoms with E-state index in [1.807, 2.05) is 0 Å². The lowest BCUT2D eigenvalue weighted by Crippen LogP contribution is -2.36. The second-order valence-electron chi connectivity index (χ2n) is 7.78. The Hall–Kier alpha value is -3.11. The van der Waals surface area contributed by atoms with Crippen molar-refractivity contribution in [3.63, 3.8) is 0 Å². The molecule has 33 heavy (non-hydrogen) atoms. The summed E-state index contributed by atoms with van der Waals surface area (Å²) in [5, 5.41) is 2.55. The van der Waals surface area contributed by atoms with Crippen LogP contribution < -0.4 is 5.32 Å². The lowest BCUT2D eigenvalue weighted by molar-refractivity contribution is -0.123. The molecule has 1 aliphatic rings. The van der Waals surface area contributed by atoms with Gasteiger partial charge in [0.1, 0.15) is 10.7 Å². The predicted octanol–water partition coefficient (Wildman–Crippen LogP) is 3.39. The molecule has 1 unspecified atom stereocenters. The quantitative estimate of drug-likeness (QED) is 0.485. The summed E-state index contributed by atoms with van der Waals surface area (Å²) in [6.07, 6.45) is 1.04. The highest BCUT2D eigenvalue weighted by Gasteiger charge is 2.30. The molecule has 0 spiro atoms. The Kier molecular flexibility index (Phi) is 7.60. The smallest absolute Gasteiger partial charge is 0.338 e. The van der Waals surface area contributed by atoms with E-state index >= 15 is 0 Å². The second kappa shape index (κ2) is 10.2. The number of ketones is 1. The van der Waals surface area contributed by atoms with Crippen molar-refractivity contribution in [2.24, 2.45) is 0 Å². The van der Waals surface area contributed by atoms with Crippen molar-refractivity contribution in [1.82, 2.24) is 4.31 Å². The van der Waals surface area contributed by atoms with E-state index in [0.717, 1.165) is 24.6 Å². The summed E-state index contributed by atoms with van der Waals surface area (Å²) in [6.45, 7) is 3.32. The van der Waals surface area contributed by atoms with Crippen molar-refractivity contribution in [2.45, 2.75) is 44.1 Å². The number of carbonyl (C=O) groups excluding carboxylic acids is 3. The van der Waals surface area contributed by atoms with Gasteiger partial charge in [0.15, 0.2) is 11.9 Å². The van der Waals surface area contributed by atoms with Gasteiger partial charge in [-0.3, -0.25) is 9.59 Å². The van der Waals surface area contributed by atoms with Crippen molar-refractivity contribution < 1.29 is 31.9 Å². The van der Waals surface area contributed by atoms with Gasteiger partial charge in [0.2, 0.25) is 10.0 Å². The van der Waals surface area contributed by atoms with E-state index in [1.165, 1.54) is 24.2 Å². The Morgan fingerprint density at radius 2 is 1.73 bits per heavy atom. The predicted molar refractivity (Wildman–Crippen MR) is 119 cm³/mol. The zero-order chi connectivity index (χ0) is 24.2. The van der Waals surface area contributed by atoms with Gasteiger partial charge < -0.3 is 10.1 Å². The minimum Gasteiger partial charge on any atom is -0.449 e. The molecule has 1 aliphatic heterocycles. The molecule has 1 fully saturated rings. The minimum atomic E-state index is -4.10. The number of carbonyl (C=O) groups is 3. The summed E-state index contributed by atoms with van der Waals surface area (Å²) in [4.78, 5) is 35.8. The molecule has 2 aromatic carbocycles. The van der Waals surface area contributed by atoms with Crippen LogP contribution in [0.5, 0.6) is 0 Å². The van der Waals surface area contributed by atoms with Gasteiger partial charge >= 0.3 is 5.97 Å². The number of nitrogens with one attached hydrogen (secondary N) is 1. The molecule has 176 valence electrons. The van der Waals surface area contributed by atoms with Crippen LogP contribution in [0, 0.1) is 5.82 Å². The monoisotopic (exact) mass is 476 g/mol. The molecule has 0 aliphatic carbocycles. The third kappa shape index (κ3) is 5.82. The number of halogens is 1. The molecule has 0 bridgehead atoms. The SMILES string of the molecule is CC(=O)c1cccc(NC(=O)C(C)OC(=O)c2ccc(F)c(S(=O)(=O)N3CCCCC3)c2)c1. The first-order valence-electron chi connectivity index (χ1n) is 10.5. The Morgan fingerprint density at radius 1 is 1.03 bits per heavy atom. The summed E-state index contributed by atoms with van der Waals surface area (Å²) >= 11 is 0. The first-order chi connectivity index (χ1) is 15.6. The molecule has 0 radical (unpaired) electrons. The molecule has 0 aromatic heterocycles. The van der Waals surface area contributed by atoms with E-state index in [9.17, 15) is 27.2 Å². The molecule has 1 saturated heterocycles. The molecular weight excluding hydrogens is 451 g/mol. The van der Waals surface area contributed by atoms with Gasteiger partial charge in [-0.05, 0) is 57.0 Å². The van der Waals surface area contributed by atoms with Crippen LogP contribution in [0.1, 0.15) is 53.8 Å². The van der Waals surface area contributed by atoms with Crippen LogP contribution in [0.25, 0.3) is 0 Å². The number of hydrogen-bond donors (Lipinski definition) is 1. The maximum absolute atomic E-state index is 14.4. The molecule has 10 heteroatoms. The van der Waals surface area contributed by atoms with Gasteiger partial charge in [0.25, 0.3) is 5.91 Å².